The zero-order chi connectivity index (χ0) is 21.1. The van der Waals surface area contributed by atoms with Gasteiger partial charge in [-0.25, -0.2) is 25.6 Å². The van der Waals surface area contributed by atoms with E-state index >= 15 is 0 Å². The second kappa shape index (κ2) is 6.29. The summed E-state index contributed by atoms with van der Waals surface area (Å²) in [5, 5.41) is 0.0929. The monoisotopic (exact) mass is 448 g/mol. The van der Waals surface area contributed by atoms with Crippen molar-refractivity contribution in [2.45, 2.75) is 16.3 Å². The Morgan fingerprint density at radius 1 is 1.10 bits per heavy atom. The topological polar surface area (TPSA) is 115 Å². The number of alkyl halides is 1. The molecule has 2 aromatic carbocycles. The fraction of sp³-hybridized carbons (Fsp3) is 0.125. The Kier molecular flexibility index (Phi) is 4.20. The first-order chi connectivity index (χ1) is 13.5. The van der Waals surface area contributed by atoms with Crippen molar-refractivity contribution >= 4 is 36.5 Å². The van der Waals surface area contributed by atoms with Crippen molar-refractivity contribution in [1.82, 2.24) is 4.98 Å². The highest BCUT2D eigenvalue weighted by molar-refractivity contribution is 7.93. The van der Waals surface area contributed by atoms with E-state index in [2.05, 4.69) is 14.5 Å². The number of anilines is 1. The molecule has 0 radical (unpaired) electrons. The summed E-state index contributed by atoms with van der Waals surface area (Å²) >= 11 is 0. The van der Waals surface area contributed by atoms with Gasteiger partial charge in [0.1, 0.15) is 10.6 Å². The van der Waals surface area contributed by atoms with Crippen molar-refractivity contribution in [3.8, 4) is 11.5 Å². The Hall–Kier alpha value is -2.93. The third-order valence-electron chi connectivity index (χ3n) is 4.14. The molecule has 0 aliphatic carbocycles. The molecule has 0 saturated carbocycles. The molecule has 2 heterocycles. The van der Waals surface area contributed by atoms with E-state index in [0.29, 0.717) is 6.07 Å². The molecule has 3 aromatic rings. The summed E-state index contributed by atoms with van der Waals surface area (Å²) in [6.07, 6.45) is 2.03. The van der Waals surface area contributed by atoms with Gasteiger partial charge in [0, 0.05) is 29.4 Å². The molecule has 0 amide bonds. The number of benzene rings is 2. The summed E-state index contributed by atoms with van der Waals surface area (Å²) in [7, 11) is -8.05. The van der Waals surface area contributed by atoms with Gasteiger partial charge in [-0.15, -0.1) is 0 Å². The van der Waals surface area contributed by atoms with Gasteiger partial charge in [0.05, 0.1) is 4.90 Å². The zero-order valence-electron chi connectivity index (χ0n) is 14.4. The van der Waals surface area contributed by atoms with Crippen molar-refractivity contribution in [2.75, 3.05) is 11.0 Å². The van der Waals surface area contributed by atoms with Crippen LogP contribution in [-0.2, 0) is 19.9 Å². The van der Waals surface area contributed by atoms with E-state index in [4.69, 9.17) is 0 Å². The van der Waals surface area contributed by atoms with Crippen LogP contribution in [0.3, 0.4) is 0 Å². The van der Waals surface area contributed by atoms with Crippen molar-refractivity contribution < 1.29 is 39.5 Å². The molecule has 13 heteroatoms. The number of fused-ring (bicyclic) bond motifs is 2. The van der Waals surface area contributed by atoms with Gasteiger partial charge >= 0.3 is 6.54 Å². The first-order valence-corrected chi connectivity index (χ1v) is 11.2. The number of nitrogens with one attached hydrogen (secondary N) is 2. The van der Waals surface area contributed by atoms with Crippen LogP contribution in [0.2, 0.25) is 0 Å². The Morgan fingerprint density at radius 2 is 1.83 bits per heavy atom. The van der Waals surface area contributed by atoms with Crippen LogP contribution in [-0.4, -0.2) is 34.6 Å². The number of aromatic amines is 1. The number of rotatable bonds is 4. The van der Waals surface area contributed by atoms with Gasteiger partial charge < -0.3 is 14.5 Å². The van der Waals surface area contributed by atoms with Crippen molar-refractivity contribution in [3.05, 3.63) is 42.1 Å². The van der Waals surface area contributed by atoms with Crippen molar-refractivity contribution in [2.24, 2.45) is 0 Å². The van der Waals surface area contributed by atoms with E-state index in [-0.39, 0.29) is 20.7 Å². The average Bonchev–Trinajstić information content (AvgIpc) is 3.20. The van der Waals surface area contributed by atoms with E-state index < -0.39 is 55.2 Å². The minimum atomic E-state index is -4.52. The van der Waals surface area contributed by atoms with E-state index in [1.807, 2.05) is 0 Å². The average molecular weight is 448 g/mol. The third-order valence-corrected chi connectivity index (χ3v) is 6.64. The number of H-pyrrole nitrogens is 1. The van der Waals surface area contributed by atoms with Gasteiger partial charge in [0.15, 0.2) is 27.2 Å². The highest BCUT2D eigenvalue weighted by Gasteiger charge is 2.33. The maximum Gasteiger partial charge on any atom is 0.397 e. The van der Waals surface area contributed by atoms with Gasteiger partial charge in [-0.05, 0) is 12.1 Å². The molecule has 8 nitrogen and oxygen atoms in total. The highest BCUT2D eigenvalue weighted by atomic mass is 32.2. The predicted molar refractivity (Wildman–Crippen MR) is 94.7 cm³/mol. The summed E-state index contributed by atoms with van der Waals surface area (Å²) in [6, 6.07) is 4.26. The molecule has 1 aliphatic rings. The number of hydrogen-bond donors (Lipinski definition) is 2. The van der Waals surface area contributed by atoms with Crippen LogP contribution in [0.15, 0.2) is 40.3 Å². The Labute approximate surface area is 162 Å². The largest absolute Gasteiger partial charge is 0.425 e. The lowest BCUT2D eigenvalue weighted by Crippen LogP contribution is -2.15. The lowest BCUT2D eigenvalue weighted by molar-refractivity contribution is -0.0663. The van der Waals surface area contributed by atoms with Crippen LogP contribution in [0.5, 0.6) is 11.5 Å². The van der Waals surface area contributed by atoms with Crippen LogP contribution >= 0.6 is 0 Å². The van der Waals surface area contributed by atoms with Crippen LogP contribution in [0, 0.1) is 11.6 Å². The number of aromatic nitrogens is 1. The maximum atomic E-state index is 14.5. The molecule has 0 fully saturated rings. The smallest absolute Gasteiger partial charge is 0.397 e. The molecule has 29 heavy (non-hydrogen) atoms. The first kappa shape index (κ1) is 19.4. The molecule has 1 unspecified atom stereocenters. The van der Waals surface area contributed by atoms with Crippen LogP contribution < -0.4 is 14.2 Å². The summed E-state index contributed by atoms with van der Waals surface area (Å²) in [4.78, 5) is 2.18. The van der Waals surface area contributed by atoms with Gasteiger partial charge in [-0.3, -0.25) is 4.72 Å². The summed E-state index contributed by atoms with van der Waals surface area (Å²) in [5.74, 6) is -4.14. The second-order valence-electron chi connectivity index (χ2n) is 6.12. The van der Waals surface area contributed by atoms with E-state index in [9.17, 15) is 30.0 Å². The Morgan fingerprint density at radius 3 is 2.52 bits per heavy atom. The van der Waals surface area contributed by atoms with E-state index in [0.717, 1.165) is 12.5 Å². The van der Waals surface area contributed by atoms with Crippen molar-refractivity contribution in [1.29, 1.82) is 0 Å². The Balaban J connectivity index is 1.77. The number of sulfone groups is 1. The molecule has 2 N–H and O–H groups in total. The van der Waals surface area contributed by atoms with Gasteiger partial charge in [0.25, 0.3) is 10.0 Å². The standard InChI is InChI=1S/C16H11F3N2O6S2/c1-28(22,23)7-2-3-8-10(4-7)20-6-12(8)29(24,25)21-14-9(17)5-11-15(13(14)18)27-16(19)26-11/h2-6,16,20-21H,1H3. The molecule has 0 bridgehead atoms. The predicted octanol–water partition coefficient (Wildman–Crippen LogP) is 2.67. The SMILES string of the molecule is CS(=O)(=O)c1ccc2c(S(=O)(=O)Nc3c(F)cc4c(c3F)OC(F)O4)c[nH]c2c1. The van der Waals surface area contributed by atoms with Gasteiger partial charge in [0.2, 0.25) is 5.75 Å². The molecule has 1 aromatic heterocycles. The first-order valence-electron chi connectivity index (χ1n) is 7.81. The third kappa shape index (κ3) is 3.25. The van der Waals surface area contributed by atoms with E-state index in [1.54, 1.807) is 4.72 Å². The number of hydrogen-bond acceptors (Lipinski definition) is 6. The summed E-state index contributed by atoms with van der Waals surface area (Å²) < 4.78 is 101. The van der Waals surface area contributed by atoms with Crippen LogP contribution in [0.25, 0.3) is 10.9 Å². The van der Waals surface area contributed by atoms with Gasteiger partial charge in [-0.1, -0.05) is 6.07 Å². The highest BCUT2D eigenvalue weighted by Crippen LogP contribution is 2.42. The fourth-order valence-electron chi connectivity index (χ4n) is 2.81. The maximum absolute atomic E-state index is 14.5. The summed E-state index contributed by atoms with van der Waals surface area (Å²) in [6.45, 7) is -2.34. The number of halogens is 3. The van der Waals surface area contributed by atoms with Crippen molar-refractivity contribution in [3.63, 3.8) is 0 Å². The lowest BCUT2D eigenvalue weighted by Gasteiger charge is -2.10. The minimum Gasteiger partial charge on any atom is -0.425 e. The number of ether oxygens (including phenoxy) is 2. The molecule has 0 spiro atoms. The minimum absolute atomic E-state index is 0.0441. The van der Waals surface area contributed by atoms with Crippen LogP contribution in [0.1, 0.15) is 0 Å². The quantitative estimate of drug-likeness (QED) is 0.634. The number of sulfonamides is 1. The van der Waals surface area contributed by atoms with E-state index in [1.165, 1.54) is 18.2 Å². The molecular formula is C16H11F3N2O6S2. The fourth-order valence-corrected chi connectivity index (χ4v) is 4.70. The lowest BCUT2D eigenvalue weighted by atomic mass is 10.2. The molecule has 1 atom stereocenters. The molecule has 4 rings (SSSR count). The molecule has 154 valence electrons. The van der Waals surface area contributed by atoms with Crippen LogP contribution in [0.4, 0.5) is 18.9 Å². The molecular weight excluding hydrogens is 437 g/mol. The summed E-state index contributed by atoms with van der Waals surface area (Å²) in [5.41, 5.74) is -0.899. The van der Waals surface area contributed by atoms with Gasteiger partial charge in [-0.2, -0.15) is 4.39 Å². The molecule has 0 saturated heterocycles. The second-order valence-corrected chi connectivity index (χ2v) is 9.79. The zero-order valence-corrected chi connectivity index (χ0v) is 16.0. The normalized spacial score (nSPS) is 16.3. The molecule has 1 aliphatic heterocycles. The Bertz CT molecular complexity index is 1370.